The summed E-state index contributed by atoms with van der Waals surface area (Å²) < 4.78 is 38.7. The van der Waals surface area contributed by atoms with Gasteiger partial charge in [-0.2, -0.15) is 13.2 Å². The molecule has 1 saturated heterocycles. The van der Waals surface area contributed by atoms with Gasteiger partial charge in [-0.15, -0.1) is 11.8 Å². The third-order valence-corrected chi connectivity index (χ3v) is 7.64. The molecule has 3 aromatic rings. The molecular weight excluding hydrogens is 525 g/mol. The minimum Gasteiger partial charge on any atom is -0.357 e. The van der Waals surface area contributed by atoms with E-state index in [2.05, 4.69) is 32.2 Å². The highest BCUT2D eigenvalue weighted by Gasteiger charge is 2.34. The number of rotatable bonds is 8. The molecule has 0 saturated carbocycles. The van der Waals surface area contributed by atoms with Gasteiger partial charge in [-0.25, -0.2) is 15.0 Å². The van der Waals surface area contributed by atoms with Crippen molar-refractivity contribution in [3.8, 4) is 0 Å². The molecule has 2 N–H and O–H groups in total. The van der Waals surface area contributed by atoms with Crippen LogP contribution in [-0.2, 0) is 16.7 Å². The monoisotopic (exact) mass is 548 g/mol. The number of nitrogens with zero attached hydrogens (tertiary/aromatic N) is 4. The highest BCUT2D eigenvalue weighted by atomic mass is 32.2. The molecule has 1 aliphatic heterocycles. The molecule has 0 radical (unpaired) electrons. The number of thiazole rings is 1. The molecule has 4 rings (SSSR count). The second-order valence-electron chi connectivity index (χ2n) is 8.19. The maximum Gasteiger partial charge on any atom is 0.451 e. The molecule has 0 aliphatic carbocycles. The van der Waals surface area contributed by atoms with E-state index in [1.807, 2.05) is 0 Å². The Morgan fingerprint density at radius 1 is 1.16 bits per heavy atom. The van der Waals surface area contributed by atoms with Crippen LogP contribution < -0.4 is 10.6 Å². The van der Waals surface area contributed by atoms with Gasteiger partial charge in [-0.05, 0) is 48.7 Å². The van der Waals surface area contributed by atoms with E-state index < -0.39 is 12.0 Å². The van der Waals surface area contributed by atoms with E-state index in [1.54, 1.807) is 35.4 Å². The molecule has 2 amide bonds. The Balaban J connectivity index is 1.28. The van der Waals surface area contributed by atoms with Crippen molar-refractivity contribution in [1.29, 1.82) is 0 Å². The number of thioether (sulfide) groups is 1. The average Bonchev–Trinajstić information content (AvgIpc) is 3.34. The van der Waals surface area contributed by atoms with E-state index in [1.165, 1.54) is 41.6 Å². The quantitative estimate of drug-likeness (QED) is 0.299. The van der Waals surface area contributed by atoms with E-state index in [9.17, 15) is 22.8 Å². The molecule has 1 fully saturated rings. The van der Waals surface area contributed by atoms with Crippen molar-refractivity contribution < 1.29 is 22.8 Å². The zero-order valence-corrected chi connectivity index (χ0v) is 21.1. The van der Waals surface area contributed by atoms with Crippen molar-refractivity contribution in [2.24, 2.45) is 0 Å². The average molecular weight is 549 g/mol. The van der Waals surface area contributed by atoms with Crippen molar-refractivity contribution >= 4 is 45.7 Å². The van der Waals surface area contributed by atoms with Crippen LogP contribution in [0.15, 0.2) is 59.7 Å². The predicted molar refractivity (Wildman–Crippen MR) is 137 cm³/mol. The van der Waals surface area contributed by atoms with Crippen LogP contribution in [-0.4, -0.2) is 50.8 Å². The first-order valence-corrected chi connectivity index (χ1v) is 13.1. The maximum absolute atomic E-state index is 13.0. The highest BCUT2D eigenvalue weighted by molar-refractivity contribution is 8.00. The van der Waals surface area contributed by atoms with Gasteiger partial charge < -0.3 is 15.5 Å². The maximum atomic E-state index is 13.0. The summed E-state index contributed by atoms with van der Waals surface area (Å²) in [6.07, 6.45) is 2.43. The summed E-state index contributed by atoms with van der Waals surface area (Å²) in [5.41, 5.74) is 1.71. The number of piperidine rings is 1. The number of alkyl halides is 3. The Hall–Kier alpha value is -3.45. The second-order valence-corrected chi connectivity index (χ2v) is 10.5. The van der Waals surface area contributed by atoms with Gasteiger partial charge in [-0.1, -0.05) is 17.9 Å². The summed E-state index contributed by atoms with van der Waals surface area (Å²) in [7, 11) is 0. The number of likely N-dealkylation sites (tertiary alicyclic amines) is 1. The van der Waals surface area contributed by atoms with E-state index in [-0.39, 0.29) is 17.9 Å². The summed E-state index contributed by atoms with van der Waals surface area (Å²) in [5, 5.41) is 6.76. The molecule has 194 valence electrons. The summed E-state index contributed by atoms with van der Waals surface area (Å²) in [6.45, 7) is 4.59. The minimum absolute atomic E-state index is 0.0381. The van der Waals surface area contributed by atoms with Crippen LogP contribution in [0.4, 0.5) is 24.0 Å². The van der Waals surface area contributed by atoms with Crippen molar-refractivity contribution in [2.45, 2.75) is 35.0 Å². The molecular formula is C24H23F3N6O2S2. The standard InChI is InChI=1S/C24H23F3N6O2S2/c1-2-19(34)31-17-7-5-16(6-8-17)21(35)33-9-3-4-18(13-33)32-23-30-12-20(37-23)36-14-15-10-28-22(29-11-15)24(25,26)27/h2,5-8,10-12,18H,1,3-4,9,13-14H2,(H,30,32)(H,31,34). The second kappa shape index (κ2) is 11.7. The predicted octanol–water partition coefficient (Wildman–Crippen LogP) is 5.09. The van der Waals surface area contributed by atoms with E-state index in [0.717, 1.165) is 17.1 Å². The molecule has 1 aromatic carbocycles. The lowest BCUT2D eigenvalue weighted by atomic mass is 10.0. The van der Waals surface area contributed by atoms with Crippen molar-refractivity contribution in [3.63, 3.8) is 0 Å². The molecule has 3 heterocycles. The fraction of sp³-hybridized carbons (Fsp3) is 0.292. The van der Waals surface area contributed by atoms with Crippen molar-refractivity contribution in [3.05, 3.63) is 72.5 Å². The first kappa shape index (κ1) is 26.6. The molecule has 0 spiro atoms. The lowest BCUT2D eigenvalue weighted by molar-refractivity contribution is -0.145. The number of hydrogen-bond donors (Lipinski definition) is 2. The summed E-state index contributed by atoms with van der Waals surface area (Å²) in [6, 6.07) is 6.77. The summed E-state index contributed by atoms with van der Waals surface area (Å²) >= 11 is 2.88. The first-order valence-electron chi connectivity index (χ1n) is 11.3. The van der Waals surface area contributed by atoms with E-state index in [4.69, 9.17) is 0 Å². The Kier molecular flexibility index (Phi) is 8.44. The van der Waals surface area contributed by atoms with Gasteiger partial charge in [0.05, 0.1) is 10.4 Å². The lowest BCUT2D eigenvalue weighted by Crippen LogP contribution is -2.45. The summed E-state index contributed by atoms with van der Waals surface area (Å²) in [4.78, 5) is 37.4. The Morgan fingerprint density at radius 2 is 1.89 bits per heavy atom. The van der Waals surface area contributed by atoms with Crippen molar-refractivity contribution in [2.75, 3.05) is 23.7 Å². The van der Waals surface area contributed by atoms with Crippen LogP contribution in [0.5, 0.6) is 0 Å². The van der Waals surface area contributed by atoms with E-state index in [0.29, 0.717) is 40.8 Å². The fourth-order valence-electron chi connectivity index (χ4n) is 3.65. The number of carbonyl (C=O) groups excluding carboxylic acids is 2. The van der Waals surface area contributed by atoms with Crippen LogP contribution in [0.3, 0.4) is 0 Å². The Morgan fingerprint density at radius 3 is 2.57 bits per heavy atom. The number of amides is 2. The lowest BCUT2D eigenvalue weighted by Gasteiger charge is -2.33. The number of hydrogen-bond acceptors (Lipinski definition) is 8. The van der Waals surface area contributed by atoms with Gasteiger partial charge in [0, 0.05) is 48.5 Å². The van der Waals surface area contributed by atoms with Crippen molar-refractivity contribution in [1.82, 2.24) is 19.9 Å². The van der Waals surface area contributed by atoms with Gasteiger partial charge >= 0.3 is 6.18 Å². The number of aromatic nitrogens is 3. The molecule has 1 atom stereocenters. The van der Waals surface area contributed by atoms with Crippen LogP contribution >= 0.6 is 23.1 Å². The number of carbonyl (C=O) groups is 2. The van der Waals surface area contributed by atoms with Gasteiger partial charge in [-0.3, -0.25) is 9.59 Å². The molecule has 0 bridgehead atoms. The zero-order chi connectivity index (χ0) is 26.4. The first-order chi connectivity index (χ1) is 17.7. The van der Waals surface area contributed by atoms with Crippen LogP contribution in [0.2, 0.25) is 0 Å². The van der Waals surface area contributed by atoms with Gasteiger partial charge in [0.15, 0.2) is 5.13 Å². The minimum atomic E-state index is -4.56. The van der Waals surface area contributed by atoms with Crippen LogP contribution in [0.1, 0.15) is 34.6 Å². The van der Waals surface area contributed by atoms with Crippen LogP contribution in [0.25, 0.3) is 0 Å². The third kappa shape index (κ3) is 7.29. The number of benzene rings is 1. The van der Waals surface area contributed by atoms with Gasteiger partial charge in [0.25, 0.3) is 5.91 Å². The van der Waals surface area contributed by atoms with Gasteiger partial charge in [0.2, 0.25) is 11.7 Å². The number of halogens is 3. The molecule has 2 aromatic heterocycles. The number of anilines is 2. The Bertz CT molecular complexity index is 1250. The smallest absolute Gasteiger partial charge is 0.357 e. The highest BCUT2D eigenvalue weighted by Crippen LogP contribution is 2.32. The third-order valence-electron chi connectivity index (χ3n) is 5.45. The largest absolute Gasteiger partial charge is 0.451 e. The number of nitrogens with one attached hydrogen (secondary N) is 2. The fourth-order valence-corrected chi connectivity index (χ4v) is 5.51. The molecule has 1 aliphatic rings. The molecule has 1 unspecified atom stereocenters. The molecule has 13 heteroatoms. The Labute approximate surface area is 219 Å². The molecule has 37 heavy (non-hydrogen) atoms. The van der Waals surface area contributed by atoms with Gasteiger partial charge in [0.1, 0.15) is 0 Å². The summed E-state index contributed by atoms with van der Waals surface area (Å²) in [5.74, 6) is -1.13. The topological polar surface area (TPSA) is 100 Å². The molecule has 8 nitrogen and oxygen atoms in total. The van der Waals surface area contributed by atoms with Crippen LogP contribution in [0, 0.1) is 0 Å². The van der Waals surface area contributed by atoms with E-state index >= 15 is 0 Å². The normalized spacial score (nSPS) is 15.8. The zero-order valence-electron chi connectivity index (χ0n) is 19.5. The SMILES string of the molecule is C=CC(=O)Nc1ccc(C(=O)N2CCCC(Nc3ncc(SCc4cnc(C(F)(F)F)nc4)s3)C2)cc1.